The second-order valence-corrected chi connectivity index (χ2v) is 19.1. The number of carboxylic acids is 1. The van der Waals surface area contributed by atoms with Crippen LogP contribution >= 0.6 is 0 Å². The summed E-state index contributed by atoms with van der Waals surface area (Å²) in [7, 11) is 3.88. The van der Waals surface area contributed by atoms with Crippen LogP contribution in [0.15, 0.2) is 43.7 Å². The number of carbonyl (C=O) groups is 4. The third-order valence-corrected chi connectivity index (χ3v) is 16.5. The Morgan fingerprint density at radius 3 is 1.78 bits per heavy atom. The van der Waals surface area contributed by atoms with Crippen molar-refractivity contribution in [2.45, 2.75) is 79.1 Å². The molecular formula is C39H42F2N4O8Sn. The summed E-state index contributed by atoms with van der Waals surface area (Å²) < 4.78 is 53.8. The van der Waals surface area contributed by atoms with Gasteiger partial charge >= 0.3 is 318 Å². The molecule has 6 heterocycles. The molecule has 0 aliphatic carbocycles. The van der Waals surface area contributed by atoms with Crippen molar-refractivity contribution in [3.8, 4) is 0 Å². The van der Waals surface area contributed by atoms with E-state index in [4.69, 9.17) is 24.2 Å². The number of esters is 3. The van der Waals surface area contributed by atoms with Gasteiger partial charge in [0.1, 0.15) is 0 Å². The van der Waals surface area contributed by atoms with Crippen LogP contribution in [0.3, 0.4) is 0 Å². The molecule has 0 atom stereocenters. The second kappa shape index (κ2) is 15.1. The first-order valence-corrected chi connectivity index (χ1v) is 22.3. The maximum absolute atomic E-state index is 18.4. The number of halogens is 2. The van der Waals surface area contributed by atoms with Crippen LogP contribution in [0.1, 0.15) is 86.0 Å². The van der Waals surface area contributed by atoms with Gasteiger partial charge in [-0.1, -0.05) is 0 Å². The summed E-state index contributed by atoms with van der Waals surface area (Å²) >= 11 is -7.02. The summed E-state index contributed by atoms with van der Waals surface area (Å²) in [6.45, 7) is 7.15. The van der Waals surface area contributed by atoms with Crippen molar-refractivity contribution < 1.29 is 44.2 Å². The average Bonchev–Trinajstić information content (AvgIpc) is 3.77. The molecule has 0 aromatic carbocycles. The van der Waals surface area contributed by atoms with E-state index in [1.165, 1.54) is 21.3 Å². The first-order valence-electron chi connectivity index (χ1n) is 17.6. The molecule has 6 bridgehead atoms. The molecule has 4 aliphatic rings. The number of allylic oxidation sites excluding steroid dienone is 4. The number of aliphatic carboxylic acids is 1. The number of methoxy groups -OCH3 is 3. The van der Waals surface area contributed by atoms with Crippen molar-refractivity contribution in [1.82, 2.24) is 5.58 Å². The Bertz CT molecular complexity index is 2350. The predicted molar refractivity (Wildman–Crippen MR) is 200 cm³/mol. The van der Waals surface area contributed by atoms with Crippen LogP contribution in [-0.4, -0.2) is 87.4 Å². The van der Waals surface area contributed by atoms with Crippen LogP contribution in [0.25, 0.3) is 24.3 Å². The quantitative estimate of drug-likeness (QED) is 0.186. The van der Waals surface area contributed by atoms with E-state index in [1.54, 1.807) is 38.2 Å². The monoisotopic (exact) mass is 852 g/mol. The number of ether oxygens (including phenoxy) is 3. The molecular weight excluding hydrogens is 809 g/mol. The molecule has 0 saturated heterocycles. The molecule has 0 spiro atoms. The number of fused-ring (bicyclic) bond motifs is 2. The molecule has 4 aliphatic heterocycles. The normalized spacial score (nSPS) is 16.5. The number of carbonyl (C=O) groups excluding carboxylic acids is 3. The van der Waals surface area contributed by atoms with Gasteiger partial charge in [0.2, 0.25) is 0 Å². The van der Waals surface area contributed by atoms with Gasteiger partial charge < -0.3 is 0 Å². The van der Waals surface area contributed by atoms with Gasteiger partial charge in [-0.15, -0.1) is 0 Å². The summed E-state index contributed by atoms with van der Waals surface area (Å²) in [5.41, 5.74) is 6.88. The van der Waals surface area contributed by atoms with Gasteiger partial charge in [0.25, 0.3) is 0 Å². The van der Waals surface area contributed by atoms with Crippen LogP contribution < -0.4 is 10.7 Å². The number of carboxylic acid groups (broad SMARTS) is 1. The Hall–Kier alpha value is -4.86. The fraction of sp³-hybridized carbons (Fsp3) is 0.385. The molecule has 6 rings (SSSR count). The summed E-state index contributed by atoms with van der Waals surface area (Å²) in [6.07, 6.45) is 6.83. The van der Waals surface area contributed by atoms with Crippen molar-refractivity contribution in [1.29, 1.82) is 0 Å². The molecule has 0 amide bonds. The van der Waals surface area contributed by atoms with Crippen LogP contribution in [0, 0.1) is 13.8 Å². The van der Waals surface area contributed by atoms with E-state index in [9.17, 15) is 24.3 Å². The van der Waals surface area contributed by atoms with Crippen molar-refractivity contribution in [2.75, 3.05) is 21.3 Å². The standard InChI is InChI=1S/C39H43N4O8.2FH.Sn/c1-20-24(8-12-36(44)45)32-17-31-23(4)27(11-15-39(48)51-7)35(43-31)19-34-26(10-14-38(47)50-6)22(3)29(41-34)16-28-21(2)25(9-13-37(46)49-5)33(40-28)18-30(20)42-32;;;/h16-19H,8-15H2,1-7H3,(H2-,40,41,42,43,44,45);2*1H;/q-1;;;+4/p-3. The summed E-state index contributed by atoms with van der Waals surface area (Å²) in [4.78, 5) is 59.0. The second-order valence-electron chi connectivity index (χ2n) is 13.6. The van der Waals surface area contributed by atoms with Crippen molar-refractivity contribution in [3.63, 3.8) is 0 Å². The number of nitrogens with zero attached hydrogens (tertiary/aromatic N) is 4. The summed E-state index contributed by atoms with van der Waals surface area (Å²) in [5, 5.41) is 10.2. The van der Waals surface area contributed by atoms with E-state index >= 15 is 5.73 Å². The van der Waals surface area contributed by atoms with E-state index in [0.29, 0.717) is 61.8 Å². The zero-order valence-electron chi connectivity index (χ0n) is 31.3. The Morgan fingerprint density at radius 1 is 0.630 bits per heavy atom. The van der Waals surface area contributed by atoms with E-state index in [0.717, 1.165) is 11.2 Å². The van der Waals surface area contributed by atoms with Crippen molar-refractivity contribution >= 4 is 79.7 Å². The first-order chi connectivity index (χ1) is 25.6. The van der Waals surface area contributed by atoms with E-state index in [-0.39, 0.29) is 73.5 Å². The Labute approximate surface area is 316 Å². The number of hydrogen-bond acceptors (Lipinski definition) is 9. The van der Waals surface area contributed by atoms with Crippen molar-refractivity contribution in [3.05, 3.63) is 78.0 Å². The summed E-state index contributed by atoms with van der Waals surface area (Å²) in [6, 6.07) is 0. The molecule has 12 nitrogen and oxygen atoms in total. The van der Waals surface area contributed by atoms with Crippen LogP contribution in [0.4, 0.5) is 5.73 Å². The van der Waals surface area contributed by atoms with Gasteiger partial charge in [-0.25, -0.2) is 0 Å². The minimum absolute atomic E-state index is 0.0223. The van der Waals surface area contributed by atoms with Crippen LogP contribution in [0.5, 0.6) is 0 Å². The van der Waals surface area contributed by atoms with Gasteiger partial charge in [-0.05, 0) is 0 Å². The summed E-state index contributed by atoms with van der Waals surface area (Å²) in [5.74, 6) is -2.43. The van der Waals surface area contributed by atoms with Crippen LogP contribution in [-0.2, 0) is 46.2 Å². The van der Waals surface area contributed by atoms with Gasteiger partial charge in [0.05, 0.1) is 0 Å². The Balaban J connectivity index is 1.79. The molecule has 1 N–H and O–H groups in total. The van der Waals surface area contributed by atoms with E-state index in [1.807, 2.05) is 13.8 Å². The molecule has 0 fully saturated rings. The SMILES string of the molecule is COC(=O)CCC1=C(C)C2=NC1=Cc1c(C)c(CCC(=O)O)c3[n]1[Sn]([F])([F])[n]1c(c(C)c(CCC(=O)OC)c1=CC1=NC(=C3)C(C)=C1CCC(=O)OC)=C2. The molecule has 2 aromatic heterocycles. The third-order valence-electron chi connectivity index (χ3n) is 10.7. The number of aliphatic imine (C=N–C) groups is 2. The average molecular weight is 851 g/mol. The number of rotatable bonds is 12. The number of hydrogen-bond donors (Lipinski definition) is 1. The van der Waals surface area contributed by atoms with Gasteiger partial charge in [0.15, 0.2) is 0 Å². The Kier molecular flexibility index (Phi) is 10.9. The molecule has 15 heteroatoms. The molecule has 0 radical (unpaired) electrons. The van der Waals surface area contributed by atoms with E-state index in [2.05, 4.69) is 0 Å². The molecule has 0 saturated carbocycles. The number of aromatic nitrogens is 2. The minimum atomic E-state index is -7.02. The van der Waals surface area contributed by atoms with Gasteiger partial charge in [-0.3, -0.25) is 0 Å². The molecule has 54 heavy (non-hydrogen) atoms. The Morgan fingerprint density at radius 2 is 1.17 bits per heavy atom. The van der Waals surface area contributed by atoms with Crippen LogP contribution in [0.2, 0.25) is 0 Å². The third kappa shape index (κ3) is 6.84. The zero-order valence-corrected chi connectivity index (χ0v) is 34.2. The van der Waals surface area contributed by atoms with Crippen molar-refractivity contribution in [2.24, 2.45) is 9.98 Å². The topological polar surface area (TPSA) is 151 Å². The molecule has 2 aromatic rings. The fourth-order valence-corrected chi connectivity index (χ4v) is 14.0. The first kappa shape index (κ1) is 38.9. The van der Waals surface area contributed by atoms with E-state index < -0.39 is 43.9 Å². The van der Waals surface area contributed by atoms with Gasteiger partial charge in [0, 0.05) is 0 Å². The predicted octanol–water partition coefficient (Wildman–Crippen LogP) is 4.52. The van der Waals surface area contributed by atoms with Gasteiger partial charge in [-0.2, -0.15) is 0 Å². The maximum atomic E-state index is 18.4. The zero-order chi connectivity index (χ0) is 39.2. The molecule has 284 valence electrons. The fourth-order valence-electron chi connectivity index (χ4n) is 7.66. The molecule has 0 unspecified atom stereocenters.